The molecule has 1 aliphatic heterocycles. The molecule has 5 nitrogen and oxygen atoms in total. The maximum atomic E-state index is 11.7. The van der Waals surface area contributed by atoms with E-state index in [-0.39, 0.29) is 18.6 Å². The maximum absolute atomic E-state index is 11.7. The SMILES string of the molecule is N#CCNC(=O)CN1CCCCC1C1CCCC1O. The van der Waals surface area contributed by atoms with Gasteiger partial charge in [-0.3, -0.25) is 9.69 Å². The Bertz CT molecular complexity index is 353. The van der Waals surface area contributed by atoms with Gasteiger partial charge in [-0.15, -0.1) is 0 Å². The Morgan fingerprint density at radius 2 is 2.16 bits per heavy atom. The number of hydrogen-bond acceptors (Lipinski definition) is 4. The highest BCUT2D eigenvalue weighted by Gasteiger charge is 2.37. The van der Waals surface area contributed by atoms with Crippen molar-refractivity contribution in [1.29, 1.82) is 5.26 Å². The second-order valence-corrected chi connectivity index (χ2v) is 5.63. The lowest BCUT2D eigenvalue weighted by Gasteiger charge is -2.39. The predicted octanol–water partition coefficient (Wildman–Crippen LogP) is 0.642. The molecule has 19 heavy (non-hydrogen) atoms. The summed E-state index contributed by atoms with van der Waals surface area (Å²) in [6.45, 7) is 1.35. The standard InChI is InChI=1S/C14H23N3O2/c15-7-8-16-14(19)10-17-9-2-1-5-12(17)11-4-3-6-13(11)18/h11-13,18H,1-6,8-10H2,(H,16,19). The Kier molecular flexibility index (Phi) is 5.17. The molecule has 106 valence electrons. The molecular weight excluding hydrogens is 242 g/mol. The molecule has 0 aromatic carbocycles. The van der Waals surface area contributed by atoms with Crippen molar-refractivity contribution in [2.75, 3.05) is 19.6 Å². The molecule has 1 amide bonds. The average molecular weight is 265 g/mol. The normalized spacial score (nSPS) is 31.9. The van der Waals surface area contributed by atoms with E-state index in [1.54, 1.807) is 0 Å². The molecule has 0 bridgehead atoms. The zero-order valence-electron chi connectivity index (χ0n) is 11.3. The molecule has 1 aliphatic carbocycles. The van der Waals surface area contributed by atoms with Gasteiger partial charge in [-0.2, -0.15) is 5.26 Å². The number of piperidine rings is 1. The van der Waals surface area contributed by atoms with Gasteiger partial charge in [0.15, 0.2) is 0 Å². The van der Waals surface area contributed by atoms with Crippen LogP contribution in [0.15, 0.2) is 0 Å². The van der Waals surface area contributed by atoms with Gasteiger partial charge >= 0.3 is 0 Å². The van der Waals surface area contributed by atoms with E-state index in [9.17, 15) is 9.90 Å². The third kappa shape index (κ3) is 3.68. The monoisotopic (exact) mass is 265 g/mol. The van der Waals surface area contributed by atoms with Gasteiger partial charge in [0, 0.05) is 12.0 Å². The lowest BCUT2D eigenvalue weighted by molar-refractivity contribution is -0.123. The first-order valence-electron chi connectivity index (χ1n) is 7.28. The Balaban J connectivity index is 1.92. The van der Waals surface area contributed by atoms with Gasteiger partial charge in [-0.25, -0.2) is 0 Å². The smallest absolute Gasteiger partial charge is 0.235 e. The summed E-state index contributed by atoms with van der Waals surface area (Å²) in [6.07, 6.45) is 6.24. The number of rotatable bonds is 4. The number of carbonyl (C=O) groups excluding carboxylic acids is 1. The van der Waals surface area contributed by atoms with Crippen LogP contribution >= 0.6 is 0 Å². The third-order valence-corrected chi connectivity index (χ3v) is 4.40. The van der Waals surface area contributed by atoms with E-state index in [4.69, 9.17) is 5.26 Å². The van der Waals surface area contributed by atoms with Crippen molar-refractivity contribution in [3.63, 3.8) is 0 Å². The molecule has 2 N–H and O–H groups in total. The molecule has 5 heteroatoms. The number of aliphatic hydroxyl groups excluding tert-OH is 1. The predicted molar refractivity (Wildman–Crippen MR) is 71.2 cm³/mol. The number of amides is 1. The zero-order valence-corrected chi connectivity index (χ0v) is 11.3. The Morgan fingerprint density at radius 1 is 1.32 bits per heavy atom. The highest BCUT2D eigenvalue weighted by atomic mass is 16.3. The van der Waals surface area contributed by atoms with Crippen molar-refractivity contribution >= 4 is 5.91 Å². The zero-order chi connectivity index (χ0) is 13.7. The van der Waals surface area contributed by atoms with Crippen LogP contribution in [0.25, 0.3) is 0 Å². The molecule has 0 aromatic heterocycles. The third-order valence-electron chi connectivity index (χ3n) is 4.40. The van der Waals surface area contributed by atoms with Crippen LogP contribution in [0.2, 0.25) is 0 Å². The van der Waals surface area contributed by atoms with Crippen molar-refractivity contribution in [3.05, 3.63) is 0 Å². The quantitative estimate of drug-likeness (QED) is 0.731. The molecule has 1 saturated carbocycles. The van der Waals surface area contributed by atoms with Crippen LogP contribution < -0.4 is 5.32 Å². The van der Waals surface area contributed by atoms with Gasteiger partial charge in [0.25, 0.3) is 0 Å². The minimum Gasteiger partial charge on any atom is -0.393 e. The van der Waals surface area contributed by atoms with Crippen molar-refractivity contribution in [2.45, 2.75) is 50.7 Å². The Labute approximate surface area is 114 Å². The van der Waals surface area contributed by atoms with Crippen molar-refractivity contribution < 1.29 is 9.90 Å². The molecule has 1 saturated heterocycles. The van der Waals surface area contributed by atoms with Crippen molar-refractivity contribution in [3.8, 4) is 6.07 Å². The highest BCUT2D eigenvalue weighted by molar-refractivity contribution is 5.78. The molecule has 2 fully saturated rings. The van der Waals surface area contributed by atoms with E-state index >= 15 is 0 Å². The number of hydrogen-bond donors (Lipinski definition) is 2. The summed E-state index contributed by atoms with van der Waals surface area (Å²) in [4.78, 5) is 13.9. The van der Waals surface area contributed by atoms with Crippen LogP contribution in [0.4, 0.5) is 0 Å². The number of nitrogens with one attached hydrogen (secondary N) is 1. The van der Waals surface area contributed by atoms with Gasteiger partial charge in [0.05, 0.1) is 18.7 Å². The van der Waals surface area contributed by atoms with Crippen LogP contribution in [0.5, 0.6) is 0 Å². The van der Waals surface area contributed by atoms with Crippen LogP contribution in [-0.2, 0) is 4.79 Å². The second kappa shape index (κ2) is 6.88. The largest absolute Gasteiger partial charge is 0.393 e. The van der Waals surface area contributed by atoms with Crippen LogP contribution in [0.3, 0.4) is 0 Å². The van der Waals surface area contributed by atoms with E-state index in [2.05, 4.69) is 10.2 Å². The van der Waals surface area contributed by atoms with Gasteiger partial charge in [-0.1, -0.05) is 12.8 Å². The summed E-state index contributed by atoms with van der Waals surface area (Å²) < 4.78 is 0. The fraction of sp³-hybridized carbons (Fsp3) is 0.857. The molecule has 0 aromatic rings. The fourth-order valence-corrected chi connectivity index (χ4v) is 3.49. The first-order chi connectivity index (χ1) is 9.22. The number of nitrogens with zero attached hydrogens (tertiary/aromatic N) is 2. The minimum absolute atomic E-state index is 0.0728. The summed E-state index contributed by atoms with van der Waals surface area (Å²) in [6, 6.07) is 2.25. The van der Waals surface area contributed by atoms with Gasteiger partial charge in [-0.05, 0) is 32.2 Å². The molecule has 1 heterocycles. The Morgan fingerprint density at radius 3 is 2.84 bits per heavy atom. The maximum Gasteiger partial charge on any atom is 0.235 e. The topological polar surface area (TPSA) is 76.4 Å². The van der Waals surface area contributed by atoms with E-state index in [0.29, 0.717) is 18.5 Å². The number of aliphatic hydroxyl groups is 1. The first kappa shape index (κ1) is 14.3. The summed E-state index contributed by atoms with van der Waals surface area (Å²) in [5.41, 5.74) is 0. The van der Waals surface area contributed by atoms with Gasteiger partial charge in [0.1, 0.15) is 6.54 Å². The van der Waals surface area contributed by atoms with E-state index in [1.807, 2.05) is 6.07 Å². The number of likely N-dealkylation sites (tertiary alicyclic amines) is 1. The lowest BCUT2D eigenvalue weighted by atomic mass is 9.88. The number of carbonyl (C=O) groups is 1. The van der Waals surface area contributed by atoms with Crippen LogP contribution in [0.1, 0.15) is 38.5 Å². The highest BCUT2D eigenvalue weighted by Crippen LogP contribution is 2.34. The molecule has 2 rings (SSSR count). The molecular formula is C14H23N3O2. The first-order valence-corrected chi connectivity index (χ1v) is 7.28. The van der Waals surface area contributed by atoms with Gasteiger partial charge in [0.2, 0.25) is 5.91 Å². The Hall–Kier alpha value is -1.12. The molecule has 3 unspecified atom stereocenters. The minimum atomic E-state index is -0.201. The van der Waals surface area contributed by atoms with Crippen LogP contribution in [0, 0.1) is 17.2 Å². The molecule has 2 aliphatic rings. The van der Waals surface area contributed by atoms with Crippen molar-refractivity contribution in [1.82, 2.24) is 10.2 Å². The van der Waals surface area contributed by atoms with Gasteiger partial charge < -0.3 is 10.4 Å². The lowest BCUT2D eigenvalue weighted by Crippen LogP contribution is -2.50. The second-order valence-electron chi connectivity index (χ2n) is 5.63. The average Bonchev–Trinajstić information content (AvgIpc) is 2.83. The molecule has 3 atom stereocenters. The summed E-state index contributed by atoms with van der Waals surface area (Å²) in [7, 11) is 0. The van der Waals surface area contributed by atoms with E-state index < -0.39 is 0 Å². The van der Waals surface area contributed by atoms with Crippen molar-refractivity contribution in [2.24, 2.45) is 5.92 Å². The molecule has 0 radical (unpaired) electrons. The van der Waals surface area contributed by atoms with E-state index in [0.717, 1.165) is 38.6 Å². The summed E-state index contributed by atoms with van der Waals surface area (Å²) in [5, 5.41) is 21.1. The molecule has 0 spiro atoms. The summed E-state index contributed by atoms with van der Waals surface area (Å²) >= 11 is 0. The van der Waals surface area contributed by atoms with Crippen LogP contribution in [-0.4, -0.2) is 47.7 Å². The fourth-order valence-electron chi connectivity index (χ4n) is 3.49. The summed E-state index contributed by atoms with van der Waals surface area (Å²) in [5.74, 6) is 0.241. The number of nitriles is 1. The van der Waals surface area contributed by atoms with E-state index in [1.165, 1.54) is 6.42 Å².